The van der Waals surface area contributed by atoms with E-state index in [-0.39, 0.29) is 11.5 Å². The number of morpholine rings is 1. The number of halogens is 2. The third-order valence-electron chi connectivity index (χ3n) is 2.88. The molecule has 0 atom stereocenters. The average Bonchev–Trinajstić information content (AvgIpc) is 2.39. The lowest BCUT2D eigenvalue weighted by Crippen LogP contribution is -2.41. The Kier molecular flexibility index (Phi) is 4.39. The Bertz CT molecular complexity index is 461. The van der Waals surface area contributed by atoms with Crippen molar-refractivity contribution >= 4 is 28.9 Å². The first kappa shape index (κ1) is 13.5. The molecule has 18 heavy (non-hydrogen) atoms. The van der Waals surface area contributed by atoms with Crippen LogP contribution in [0.2, 0.25) is 0 Å². The van der Waals surface area contributed by atoms with E-state index in [2.05, 4.69) is 0 Å². The maximum Gasteiger partial charge on any atom is 0.257 e. The van der Waals surface area contributed by atoms with Crippen molar-refractivity contribution in [1.82, 2.24) is 4.90 Å². The van der Waals surface area contributed by atoms with E-state index in [1.54, 1.807) is 34.8 Å². The largest absolute Gasteiger partial charge is 0.427 e. The van der Waals surface area contributed by atoms with Crippen molar-refractivity contribution in [3.8, 4) is 5.75 Å². The highest BCUT2D eigenvalue weighted by molar-refractivity contribution is 14.1. The lowest BCUT2D eigenvalue weighted by molar-refractivity contribution is 0.0299. The molecule has 1 aromatic rings. The number of amides is 1. The molecule has 0 N–H and O–H groups in total. The zero-order valence-electron chi connectivity index (χ0n) is 9.91. The molecule has 1 aliphatic heterocycles. The minimum Gasteiger partial charge on any atom is -0.427 e. The second-order valence-corrected chi connectivity index (χ2v) is 4.52. The van der Waals surface area contributed by atoms with Gasteiger partial charge in [-0.15, -0.1) is 0 Å². The van der Waals surface area contributed by atoms with Gasteiger partial charge < -0.3 is 12.7 Å². The van der Waals surface area contributed by atoms with Crippen LogP contribution in [0.3, 0.4) is 0 Å². The average molecular weight is 365 g/mol. The highest BCUT2D eigenvalue weighted by Crippen LogP contribution is 2.25. The van der Waals surface area contributed by atoms with Gasteiger partial charge in [-0.1, -0.05) is 0 Å². The highest BCUT2D eigenvalue weighted by Gasteiger charge is 2.22. The van der Waals surface area contributed by atoms with Gasteiger partial charge >= 0.3 is 0 Å². The molecule has 1 heterocycles. The quantitative estimate of drug-likeness (QED) is 0.756. The Balaban J connectivity index is 2.28. The molecule has 2 rings (SSSR count). The Morgan fingerprint density at radius 2 is 2.11 bits per heavy atom. The summed E-state index contributed by atoms with van der Waals surface area (Å²) >= 11 is 1.72. The van der Waals surface area contributed by atoms with E-state index >= 15 is 0 Å². The van der Waals surface area contributed by atoms with E-state index in [1.807, 2.05) is 0 Å². The van der Waals surface area contributed by atoms with Gasteiger partial charge in [-0.05, 0) is 24.6 Å². The molecule has 0 unspecified atom stereocenters. The normalized spacial score (nSPS) is 15.6. The molecule has 1 aromatic carbocycles. The van der Waals surface area contributed by atoms with Gasteiger partial charge in [0, 0.05) is 13.1 Å². The number of carbonyl (C=O) groups excluding carboxylic acids is 1. The number of benzene rings is 1. The van der Waals surface area contributed by atoms with Crippen molar-refractivity contribution in [2.24, 2.45) is 0 Å². The van der Waals surface area contributed by atoms with Crippen molar-refractivity contribution in [2.75, 3.05) is 26.3 Å². The second-order valence-electron chi connectivity index (χ2n) is 4.08. The monoisotopic (exact) mass is 365 g/mol. The number of ether oxygens (including phenoxy) is 1. The summed E-state index contributed by atoms with van der Waals surface area (Å²) in [5.74, 6) is -0.319. The summed E-state index contributed by atoms with van der Waals surface area (Å²) in [5.41, 5.74) is 0.717. The van der Waals surface area contributed by atoms with E-state index in [0.29, 0.717) is 37.6 Å². The summed E-state index contributed by atoms with van der Waals surface area (Å²) in [6.07, 6.45) is 0. The third-order valence-corrected chi connectivity index (χ3v) is 3.35. The summed E-state index contributed by atoms with van der Waals surface area (Å²) in [7, 11) is 0. The van der Waals surface area contributed by atoms with Crippen LogP contribution in [0.5, 0.6) is 5.75 Å². The molecule has 0 spiro atoms. The Morgan fingerprint density at radius 1 is 1.44 bits per heavy atom. The predicted octanol–water partition coefficient (Wildman–Crippen LogP) is 2.34. The third kappa shape index (κ3) is 2.74. The zero-order chi connectivity index (χ0) is 13.1. The molecule has 1 saturated heterocycles. The fraction of sp³-hybridized carbons (Fsp3) is 0.417. The van der Waals surface area contributed by atoms with Crippen molar-refractivity contribution in [3.63, 3.8) is 0 Å². The van der Waals surface area contributed by atoms with Gasteiger partial charge in [0.05, 0.1) is 18.8 Å². The smallest absolute Gasteiger partial charge is 0.257 e. The number of nitrogens with zero attached hydrogens (tertiary/aromatic N) is 1. The second kappa shape index (κ2) is 5.83. The first-order valence-electron chi connectivity index (χ1n) is 5.59. The van der Waals surface area contributed by atoms with Crippen LogP contribution in [0.4, 0.5) is 4.39 Å². The maximum atomic E-state index is 13.8. The summed E-state index contributed by atoms with van der Waals surface area (Å²) in [6.45, 7) is 3.71. The van der Waals surface area contributed by atoms with Crippen molar-refractivity contribution in [1.29, 1.82) is 0 Å². The molecule has 0 saturated carbocycles. The molecule has 6 heteroatoms. The maximum absolute atomic E-state index is 13.8. The van der Waals surface area contributed by atoms with E-state index in [4.69, 9.17) is 7.80 Å². The Hall–Kier alpha value is -0.890. The Labute approximate surface area is 119 Å². The highest BCUT2D eigenvalue weighted by atomic mass is 127. The predicted molar refractivity (Wildman–Crippen MR) is 72.5 cm³/mol. The van der Waals surface area contributed by atoms with Crippen molar-refractivity contribution in [2.45, 2.75) is 6.92 Å². The fourth-order valence-corrected chi connectivity index (χ4v) is 2.31. The van der Waals surface area contributed by atoms with Crippen LogP contribution in [-0.2, 0) is 4.74 Å². The number of hydrogen-bond donors (Lipinski definition) is 0. The molecule has 1 fully saturated rings. The number of hydrogen-bond acceptors (Lipinski definition) is 3. The molecule has 0 aliphatic carbocycles. The molecule has 0 aromatic heterocycles. The van der Waals surface area contributed by atoms with Crippen LogP contribution in [0.1, 0.15) is 15.9 Å². The molecule has 0 radical (unpaired) electrons. The summed E-state index contributed by atoms with van der Waals surface area (Å²) in [5, 5.41) is 0. The summed E-state index contributed by atoms with van der Waals surface area (Å²) < 4.78 is 24.1. The van der Waals surface area contributed by atoms with Crippen LogP contribution in [0.25, 0.3) is 0 Å². The van der Waals surface area contributed by atoms with Crippen LogP contribution in [0.15, 0.2) is 12.1 Å². The van der Waals surface area contributed by atoms with Gasteiger partial charge in [0.25, 0.3) is 5.91 Å². The number of rotatable bonds is 2. The first-order chi connectivity index (χ1) is 8.63. The van der Waals surface area contributed by atoms with Gasteiger partial charge in [-0.2, -0.15) is 0 Å². The van der Waals surface area contributed by atoms with Crippen LogP contribution in [0, 0.1) is 12.7 Å². The van der Waals surface area contributed by atoms with Crippen LogP contribution >= 0.6 is 23.0 Å². The summed E-state index contributed by atoms with van der Waals surface area (Å²) in [6, 6.07) is 2.77. The van der Waals surface area contributed by atoms with E-state index in [0.717, 1.165) is 0 Å². The molecule has 4 nitrogen and oxygen atoms in total. The minimum absolute atomic E-state index is 0.0502. The SMILES string of the molecule is Cc1cc(F)c(C(=O)N2CCOCC2)cc1OI. The van der Waals surface area contributed by atoms with Gasteiger partial charge in [0.1, 0.15) is 11.6 Å². The summed E-state index contributed by atoms with van der Waals surface area (Å²) in [4.78, 5) is 13.8. The van der Waals surface area contributed by atoms with E-state index in [9.17, 15) is 9.18 Å². The molecule has 1 amide bonds. The topological polar surface area (TPSA) is 38.8 Å². The first-order valence-corrected chi connectivity index (χ1v) is 6.47. The molecular formula is C12H13FINO3. The van der Waals surface area contributed by atoms with Crippen molar-refractivity contribution < 1.29 is 17.0 Å². The molecule has 98 valence electrons. The van der Waals surface area contributed by atoms with Gasteiger partial charge in [-0.25, -0.2) is 4.39 Å². The van der Waals surface area contributed by atoms with Gasteiger partial charge in [0.2, 0.25) is 0 Å². The lowest BCUT2D eigenvalue weighted by Gasteiger charge is -2.27. The zero-order valence-corrected chi connectivity index (χ0v) is 12.1. The molecular weight excluding hydrogens is 352 g/mol. The van der Waals surface area contributed by atoms with Crippen LogP contribution < -0.4 is 3.07 Å². The van der Waals surface area contributed by atoms with Crippen molar-refractivity contribution in [3.05, 3.63) is 29.1 Å². The Morgan fingerprint density at radius 3 is 2.72 bits per heavy atom. The molecule has 0 bridgehead atoms. The standard InChI is InChI=1S/C12H13FINO3/c1-8-6-10(13)9(7-11(8)18-14)12(16)15-2-4-17-5-3-15/h6-7H,2-5H2,1H3. The van der Waals surface area contributed by atoms with Gasteiger partial charge in [0.15, 0.2) is 23.0 Å². The molecule has 1 aliphatic rings. The minimum atomic E-state index is -0.513. The lowest BCUT2D eigenvalue weighted by atomic mass is 10.1. The van der Waals surface area contributed by atoms with E-state index in [1.165, 1.54) is 12.1 Å². The van der Waals surface area contributed by atoms with E-state index < -0.39 is 5.82 Å². The number of carbonyl (C=O) groups is 1. The fourth-order valence-electron chi connectivity index (χ4n) is 1.84. The van der Waals surface area contributed by atoms with Crippen LogP contribution in [-0.4, -0.2) is 37.1 Å². The number of aryl methyl sites for hydroxylation is 1. The van der Waals surface area contributed by atoms with Gasteiger partial charge in [-0.3, -0.25) is 4.79 Å².